The summed E-state index contributed by atoms with van der Waals surface area (Å²) in [7, 11) is 4.09. The lowest BCUT2D eigenvalue weighted by Gasteiger charge is -2.16. The topological polar surface area (TPSA) is 40.5 Å². The minimum absolute atomic E-state index is 0.0952. The molecule has 3 nitrogen and oxygen atoms in total. The predicted octanol–water partition coefficient (Wildman–Crippen LogP) is 1.53. The molecule has 82 valence electrons. The second-order valence-corrected chi connectivity index (χ2v) is 5.44. The Hall–Kier alpha value is -0.220. The van der Waals surface area contributed by atoms with Crippen LogP contribution in [0.15, 0.2) is 0 Å². The molecule has 1 aliphatic rings. The second-order valence-electron chi connectivity index (χ2n) is 4.09. The van der Waals surface area contributed by atoms with Gasteiger partial charge in [0.15, 0.2) is 0 Å². The van der Waals surface area contributed by atoms with Crippen molar-refractivity contribution in [1.82, 2.24) is 4.90 Å². The van der Waals surface area contributed by atoms with E-state index in [1.807, 2.05) is 25.9 Å². The summed E-state index contributed by atoms with van der Waals surface area (Å²) < 4.78 is 0. The third-order valence-corrected chi connectivity index (χ3v) is 4.05. The molecular weight excluding hydrogens is 198 g/mol. The highest BCUT2D eigenvalue weighted by atomic mass is 32.2. The van der Waals surface area contributed by atoms with E-state index in [2.05, 4.69) is 4.90 Å². The Morgan fingerprint density at radius 3 is 2.79 bits per heavy atom. The van der Waals surface area contributed by atoms with Crippen LogP contribution in [0.1, 0.15) is 19.3 Å². The number of rotatable bonds is 5. The number of thioether (sulfide) groups is 1. The quantitative estimate of drug-likeness (QED) is 0.758. The molecule has 0 aromatic rings. The largest absolute Gasteiger partial charge is 0.481 e. The van der Waals surface area contributed by atoms with Gasteiger partial charge < -0.3 is 10.0 Å². The zero-order valence-corrected chi connectivity index (χ0v) is 9.72. The van der Waals surface area contributed by atoms with Gasteiger partial charge in [0.25, 0.3) is 0 Å². The van der Waals surface area contributed by atoms with Crippen molar-refractivity contribution < 1.29 is 9.90 Å². The van der Waals surface area contributed by atoms with Crippen molar-refractivity contribution in [2.75, 3.05) is 26.4 Å². The van der Waals surface area contributed by atoms with Gasteiger partial charge in [0.1, 0.15) is 0 Å². The number of nitrogens with zero attached hydrogens (tertiary/aromatic N) is 1. The van der Waals surface area contributed by atoms with Gasteiger partial charge in [0.05, 0.1) is 5.92 Å². The Morgan fingerprint density at radius 1 is 1.50 bits per heavy atom. The van der Waals surface area contributed by atoms with Gasteiger partial charge in [-0.05, 0) is 26.9 Å². The number of hydrogen-bond acceptors (Lipinski definition) is 3. The molecule has 14 heavy (non-hydrogen) atoms. The summed E-state index contributed by atoms with van der Waals surface area (Å²) in [5.74, 6) is 0.341. The lowest BCUT2D eigenvalue weighted by molar-refractivity contribution is -0.141. The van der Waals surface area contributed by atoms with Crippen LogP contribution in [0.3, 0.4) is 0 Å². The molecule has 1 N–H and O–H groups in total. The molecule has 1 saturated carbocycles. The predicted molar refractivity (Wildman–Crippen MR) is 59.8 cm³/mol. The standard InChI is InChI=1S/C10H19NO2S/c1-11(2)6-7-14-9-5-3-4-8(9)10(12)13/h8-9H,3-7H2,1-2H3,(H,12,13). The van der Waals surface area contributed by atoms with Gasteiger partial charge in [-0.25, -0.2) is 0 Å². The Kier molecular flexibility index (Phi) is 4.75. The Labute approximate surface area is 89.9 Å². The van der Waals surface area contributed by atoms with Gasteiger partial charge in [-0.1, -0.05) is 6.42 Å². The van der Waals surface area contributed by atoms with E-state index in [-0.39, 0.29) is 5.92 Å². The summed E-state index contributed by atoms with van der Waals surface area (Å²) in [4.78, 5) is 13.0. The zero-order valence-electron chi connectivity index (χ0n) is 8.90. The molecule has 2 atom stereocenters. The first-order valence-electron chi connectivity index (χ1n) is 5.10. The van der Waals surface area contributed by atoms with Gasteiger partial charge in [0, 0.05) is 17.5 Å². The van der Waals surface area contributed by atoms with Crippen LogP contribution in [0.2, 0.25) is 0 Å². The second kappa shape index (κ2) is 5.61. The SMILES string of the molecule is CN(C)CCSC1CCCC1C(=O)O. The third-order valence-electron chi connectivity index (χ3n) is 2.64. The first-order chi connectivity index (χ1) is 6.61. The van der Waals surface area contributed by atoms with E-state index >= 15 is 0 Å². The summed E-state index contributed by atoms with van der Waals surface area (Å²) in [5, 5.41) is 9.32. The lowest BCUT2D eigenvalue weighted by Crippen LogP contribution is -2.22. The van der Waals surface area contributed by atoms with Gasteiger partial charge in [-0.3, -0.25) is 4.79 Å². The minimum atomic E-state index is -0.607. The molecule has 0 spiro atoms. The van der Waals surface area contributed by atoms with E-state index in [0.717, 1.165) is 31.6 Å². The smallest absolute Gasteiger partial charge is 0.307 e. The van der Waals surface area contributed by atoms with Crippen molar-refractivity contribution >= 4 is 17.7 Å². The zero-order chi connectivity index (χ0) is 10.6. The van der Waals surface area contributed by atoms with Crippen LogP contribution in [-0.4, -0.2) is 47.6 Å². The molecule has 0 amide bonds. The van der Waals surface area contributed by atoms with Gasteiger partial charge in [-0.2, -0.15) is 11.8 Å². The van der Waals surface area contributed by atoms with Crippen LogP contribution in [-0.2, 0) is 4.79 Å². The van der Waals surface area contributed by atoms with Crippen LogP contribution in [0.25, 0.3) is 0 Å². The molecule has 1 rings (SSSR count). The van der Waals surface area contributed by atoms with E-state index in [0.29, 0.717) is 5.25 Å². The molecule has 0 bridgehead atoms. The fraction of sp³-hybridized carbons (Fsp3) is 0.900. The summed E-state index contributed by atoms with van der Waals surface area (Å²) in [6.07, 6.45) is 3.03. The number of carboxylic acid groups (broad SMARTS) is 1. The van der Waals surface area contributed by atoms with Crippen molar-refractivity contribution in [3.05, 3.63) is 0 Å². The van der Waals surface area contributed by atoms with E-state index in [1.165, 1.54) is 0 Å². The lowest BCUT2D eigenvalue weighted by atomic mass is 10.1. The molecular formula is C10H19NO2S. The molecule has 0 radical (unpaired) electrons. The highest BCUT2D eigenvalue weighted by Gasteiger charge is 2.32. The van der Waals surface area contributed by atoms with Crippen LogP contribution in [0.5, 0.6) is 0 Å². The van der Waals surface area contributed by atoms with Crippen molar-refractivity contribution in [3.8, 4) is 0 Å². The summed E-state index contributed by atoms with van der Waals surface area (Å²) in [6.45, 7) is 1.04. The van der Waals surface area contributed by atoms with E-state index in [9.17, 15) is 4.79 Å². The fourth-order valence-corrected chi connectivity index (χ4v) is 3.39. The van der Waals surface area contributed by atoms with Gasteiger partial charge >= 0.3 is 5.97 Å². The molecule has 1 fully saturated rings. The number of aliphatic carboxylic acids is 1. The molecule has 0 heterocycles. The monoisotopic (exact) mass is 217 g/mol. The summed E-state index contributed by atoms with van der Waals surface area (Å²) in [5.41, 5.74) is 0. The van der Waals surface area contributed by atoms with Crippen molar-refractivity contribution in [2.24, 2.45) is 5.92 Å². The van der Waals surface area contributed by atoms with E-state index < -0.39 is 5.97 Å². The highest BCUT2D eigenvalue weighted by molar-refractivity contribution is 7.99. The molecule has 1 aliphatic carbocycles. The van der Waals surface area contributed by atoms with Crippen molar-refractivity contribution in [2.45, 2.75) is 24.5 Å². The van der Waals surface area contributed by atoms with E-state index in [4.69, 9.17) is 5.11 Å². The normalized spacial score (nSPS) is 27.1. The highest BCUT2D eigenvalue weighted by Crippen LogP contribution is 2.35. The Morgan fingerprint density at radius 2 is 2.21 bits per heavy atom. The average molecular weight is 217 g/mol. The summed E-state index contributed by atoms with van der Waals surface area (Å²) in [6, 6.07) is 0. The van der Waals surface area contributed by atoms with Crippen molar-refractivity contribution in [1.29, 1.82) is 0 Å². The van der Waals surface area contributed by atoms with Crippen molar-refractivity contribution in [3.63, 3.8) is 0 Å². The van der Waals surface area contributed by atoms with E-state index in [1.54, 1.807) is 0 Å². The maximum absolute atomic E-state index is 10.9. The average Bonchev–Trinajstić information content (AvgIpc) is 2.51. The number of carboxylic acids is 1. The Balaban J connectivity index is 2.26. The molecule has 0 aromatic carbocycles. The molecule has 4 heteroatoms. The first kappa shape index (κ1) is 11.9. The van der Waals surface area contributed by atoms with Crippen LogP contribution >= 0.6 is 11.8 Å². The maximum atomic E-state index is 10.9. The first-order valence-corrected chi connectivity index (χ1v) is 6.15. The third kappa shape index (κ3) is 3.50. The fourth-order valence-electron chi connectivity index (χ4n) is 1.79. The summed E-state index contributed by atoms with van der Waals surface area (Å²) >= 11 is 1.83. The number of hydrogen-bond donors (Lipinski definition) is 1. The number of carbonyl (C=O) groups is 1. The van der Waals surface area contributed by atoms with Gasteiger partial charge in [-0.15, -0.1) is 0 Å². The molecule has 0 aliphatic heterocycles. The minimum Gasteiger partial charge on any atom is -0.481 e. The molecule has 2 unspecified atom stereocenters. The van der Waals surface area contributed by atoms with Crippen LogP contribution in [0.4, 0.5) is 0 Å². The Bertz CT molecular complexity index is 197. The van der Waals surface area contributed by atoms with Crippen LogP contribution in [0, 0.1) is 5.92 Å². The molecule has 0 aromatic heterocycles. The maximum Gasteiger partial charge on any atom is 0.307 e. The van der Waals surface area contributed by atoms with Gasteiger partial charge in [0.2, 0.25) is 0 Å². The van der Waals surface area contributed by atoms with Crippen LogP contribution < -0.4 is 0 Å². The molecule has 0 saturated heterocycles.